The molecule has 1 heterocycles. The van der Waals surface area contributed by atoms with Gasteiger partial charge in [0.05, 0.1) is 10.7 Å². The number of hydrogen-bond acceptors (Lipinski definition) is 2. The van der Waals surface area contributed by atoms with Crippen LogP contribution in [0.25, 0.3) is 0 Å². The Kier molecular flexibility index (Phi) is 5.32. The second-order valence-corrected chi connectivity index (χ2v) is 7.14. The maximum Gasteiger partial charge on any atom is 0.255 e. The molecule has 3 nitrogen and oxygen atoms in total. The number of nitrogens with one attached hydrogen (secondary N) is 1. The molecular weight excluding hydrogens is 343 g/mol. The van der Waals surface area contributed by atoms with Crippen LogP contribution in [0.2, 0.25) is 10.0 Å². The fourth-order valence-electron chi connectivity index (χ4n) is 2.92. The zero-order valence-corrected chi connectivity index (χ0v) is 15.1. The third-order valence-corrected chi connectivity index (χ3v) is 4.95. The van der Waals surface area contributed by atoms with Crippen molar-refractivity contribution in [2.75, 3.05) is 23.3 Å². The number of benzene rings is 2. The van der Waals surface area contributed by atoms with E-state index in [0.717, 1.165) is 24.7 Å². The Labute approximate surface area is 152 Å². The molecule has 0 atom stereocenters. The van der Waals surface area contributed by atoms with Gasteiger partial charge in [0, 0.05) is 29.4 Å². The smallest absolute Gasteiger partial charge is 0.255 e. The first-order valence-corrected chi connectivity index (χ1v) is 8.90. The summed E-state index contributed by atoms with van der Waals surface area (Å²) in [5.41, 5.74) is 2.23. The van der Waals surface area contributed by atoms with E-state index < -0.39 is 0 Å². The molecule has 1 N–H and O–H groups in total. The zero-order chi connectivity index (χ0) is 17.1. The molecule has 3 rings (SSSR count). The lowest BCUT2D eigenvalue weighted by Gasteiger charge is -2.32. The van der Waals surface area contributed by atoms with Gasteiger partial charge in [0.25, 0.3) is 5.91 Å². The molecule has 0 unspecified atom stereocenters. The number of anilines is 2. The minimum Gasteiger partial charge on any atom is -0.370 e. The van der Waals surface area contributed by atoms with Gasteiger partial charge in [-0.2, -0.15) is 0 Å². The first-order valence-electron chi connectivity index (χ1n) is 8.14. The normalized spacial score (nSPS) is 15.4. The van der Waals surface area contributed by atoms with Gasteiger partial charge in [0.15, 0.2) is 0 Å². The molecule has 126 valence electrons. The van der Waals surface area contributed by atoms with Crippen LogP contribution in [-0.4, -0.2) is 19.0 Å². The van der Waals surface area contributed by atoms with Gasteiger partial charge in [-0.3, -0.25) is 4.79 Å². The van der Waals surface area contributed by atoms with Crippen molar-refractivity contribution < 1.29 is 4.79 Å². The first kappa shape index (κ1) is 17.1. The van der Waals surface area contributed by atoms with Gasteiger partial charge in [-0.15, -0.1) is 0 Å². The number of carbonyl (C=O) groups excluding carboxylic acids is 1. The summed E-state index contributed by atoms with van der Waals surface area (Å²) in [4.78, 5) is 14.6. The molecule has 1 fully saturated rings. The molecule has 0 aromatic heterocycles. The van der Waals surface area contributed by atoms with Gasteiger partial charge in [0.2, 0.25) is 0 Å². The maximum atomic E-state index is 12.3. The van der Waals surface area contributed by atoms with Crippen molar-refractivity contribution in [3.05, 3.63) is 58.1 Å². The van der Waals surface area contributed by atoms with E-state index in [0.29, 0.717) is 21.3 Å². The number of piperidine rings is 1. The van der Waals surface area contributed by atoms with E-state index in [9.17, 15) is 4.79 Å². The Balaban J connectivity index is 1.71. The Morgan fingerprint density at radius 1 is 1.12 bits per heavy atom. The monoisotopic (exact) mass is 362 g/mol. The maximum absolute atomic E-state index is 12.3. The molecule has 1 amide bonds. The summed E-state index contributed by atoms with van der Waals surface area (Å²) in [6.07, 6.45) is 2.37. The predicted octanol–water partition coefficient (Wildman–Crippen LogP) is 5.48. The lowest BCUT2D eigenvalue weighted by atomic mass is 9.99. The van der Waals surface area contributed by atoms with Crippen molar-refractivity contribution in [1.29, 1.82) is 0 Å². The topological polar surface area (TPSA) is 32.3 Å². The summed E-state index contributed by atoms with van der Waals surface area (Å²) in [5.74, 6) is 0.574. The lowest BCUT2D eigenvalue weighted by molar-refractivity contribution is 0.102. The molecule has 0 radical (unpaired) electrons. The van der Waals surface area contributed by atoms with Crippen molar-refractivity contribution in [2.45, 2.75) is 19.8 Å². The summed E-state index contributed by atoms with van der Waals surface area (Å²) in [5, 5.41) is 4.06. The van der Waals surface area contributed by atoms with Crippen molar-refractivity contribution >= 4 is 40.5 Å². The van der Waals surface area contributed by atoms with Crippen LogP contribution in [0.1, 0.15) is 30.1 Å². The SMILES string of the molecule is CC1CCN(c2ccc(NC(=O)c3cccc(Cl)c3)cc2Cl)CC1. The molecule has 0 bridgehead atoms. The summed E-state index contributed by atoms with van der Waals surface area (Å²) in [6, 6.07) is 12.5. The van der Waals surface area contributed by atoms with Crippen molar-refractivity contribution in [1.82, 2.24) is 0 Å². The number of carbonyl (C=O) groups is 1. The van der Waals surface area contributed by atoms with Gasteiger partial charge < -0.3 is 10.2 Å². The third kappa shape index (κ3) is 4.03. The van der Waals surface area contributed by atoms with Crippen LogP contribution in [0.15, 0.2) is 42.5 Å². The molecule has 5 heteroatoms. The van der Waals surface area contributed by atoms with E-state index >= 15 is 0 Å². The Morgan fingerprint density at radius 3 is 2.54 bits per heavy atom. The minimum absolute atomic E-state index is 0.201. The average molecular weight is 363 g/mol. The van der Waals surface area contributed by atoms with Crippen LogP contribution in [0.5, 0.6) is 0 Å². The highest BCUT2D eigenvalue weighted by atomic mass is 35.5. The predicted molar refractivity (Wildman–Crippen MR) is 101 cm³/mol. The van der Waals surface area contributed by atoms with Gasteiger partial charge in [-0.05, 0) is 55.2 Å². The van der Waals surface area contributed by atoms with E-state index in [1.165, 1.54) is 12.8 Å². The molecule has 0 spiro atoms. The van der Waals surface area contributed by atoms with Crippen LogP contribution in [0, 0.1) is 5.92 Å². The third-order valence-electron chi connectivity index (χ3n) is 4.42. The minimum atomic E-state index is -0.201. The number of rotatable bonds is 3. The van der Waals surface area contributed by atoms with E-state index in [4.69, 9.17) is 23.2 Å². The van der Waals surface area contributed by atoms with Crippen molar-refractivity contribution in [3.63, 3.8) is 0 Å². The van der Waals surface area contributed by atoms with Gasteiger partial charge >= 0.3 is 0 Å². The number of nitrogens with zero attached hydrogens (tertiary/aromatic N) is 1. The standard InChI is InChI=1S/C19H20Cl2N2O/c1-13-7-9-23(10-8-13)18-6-5-16(12-17(18)21)22-19(24)14-3-2-4-15(20)11-14/h2-6,11-13H,7-10H2,1H3,(H,22,24). The number of amides is 1. The van der Waals surface area contributed by atoms with E-state index in [1.807, 2.05) is 12.1 Å². The summed E-state index contributed by atoms with van der Waals surface area (Å²) in [7, 11) is 0. The van der Waals surface area contributed by atoms with Crippen LogP contribution < -0.4 is 10.2 Å². The van der Waals surface area contributed by atoms with E-state index in [2.05, 4.69) is 17.1 Å². The van der Waals surface area contributed by atoms with Crippen LogP contribution in [0.4, 0.5) is 11.4 Å². The molecule has 0 saturated carbocycles. The van der Waals surface area contributed by atoms with Crippen LogP contribution in [-0.2, 0) is 0 Å². The molecule has 1 aliphatic rings. The fourth-order valence-corrected chi connectivity index (χ4v) is 3.41. The zero-order valence-electron chi connectivity index (χ0n) is 13.6. The Hall–Kier alpha value is -1.71. The summed E-state index contributed by atoms with van der Waals surface area (Å²) < 4.78 is 0. The number of halogens is 2. The molecule has 0 aliphatic carbocycles. The Bertz CT molecular complexity index is 740. The van der Waals surface area contributed by atoms with E-state index in [-0.39, 0.29) is 5.91 Å². The van der Waals surface area contributed by atoms with Crippen LogP contribution >= 0.6 is 23.2 Å². The quantitative estimate of drug-likeness (QED) is 0.783. The van der Waals surface area contributed by atoms with Gasteiger partial charge in [-0.25, -0.2) is 0 Å². The molecule has 2 aromatic rings. The van der Waals surface area contributed by atoms with Crippen molar-refractivity contribution in [3.8, 4) is 0 Å². The summed E-state index contributed by atoms with van der Waals surface area (Å²) in [6.45, 7) is 4.33. The van der Waals surface area contributed by atoms with Crippen molar-refractivity contribution in [2.24, 2.45) is 5.92 Å². The Morgan fingerprint density at radius 2 is 1.88 bits per heavy atom. The molecule has 1 saturated heterocycles. The average Bonchev–Trinajstić information content (AvgIpc) is 2.56. The second-order valence-electron chi connectivity index (χ2n) is 6.30. The van der Waals surface area contributed by atoms with Gasteiger partial charge in [0.1, 0.15) is 0 Å². The fraction of sp³-hybridized carbons (Fsp3) is 0.316. The molecule has 1 aliphatic heterocycles. The second kappa shape index (κ2) is 7.45. The molecular formula is C19H20Cl2N2O. The highest BCUT2D eigenvalue weighted by Gasteiger charge is 2.18. The largest absolute Gasteiger partial charge is 0.370 e. The molecule has 24 heavy (non-hydrogen) atoms. The highest BCUT2D eigenvalue weighted by Crippen LogP contribution is 2.32. The summed E-state index contributed by atoms with van der Waals surface area (Å²) >= 11 is 12.4. The molecule has 2 aromatic carbocycles. The van der Waals surface area contributed by atoms with E-state index in [1.54, 1.807) is 30.3 Å². The first-order chi connectivity index (χ1) is 11.5. The lowest BCUT2D eigenvalue weighted by Crippen LogP contribution is -2.32. The van der Waals surface area contributed by atoms with Crippen LogP contribution in [0.3, 0.4) is 0 Å². The number of hydrogen-bond donors (Lipinski definition) is 1. The van der Waals surface area contributed by atoms with Gasteiger partial charge in [-0.1, -0.05) is 36.2 Å². The highest BCUT2D eigenvalue weighted by molar-refractivity contribution is 6.33.